The molecule has 132 valence electrons. The maximum absolute atomic E-state index is 12.4. The number of benzene rings is 1. The van der Waals surface area contributed by atoms with Gasteiger partial charge in [-0.25, -0.2) is 0 Å². The van der Waals surface area contributed by atoms with Crippen LogP contribution in [-0.4, -0.2) is 17.4 Å². The Hall–Kier alpha value is -1.77. The summed E-state index contributed by atoms with van der Waals surface area (Å²) < 4.78 is 0. The van der Waals surface area contributed by atoms with E-state index in [-0.39, 0.29) is 5.91 Å². The third-order valence-corrected chi connectivity index (χ3v) is 7.12. The highest BCUT2D eigenvalue weighted by Gasteiger charge is 2.50. The minimum atomic E-state index is 0.223. The lowest BCUT2D eigenvalue weighted by molar-refractivity contribution is -0.123. The van der Waals surface area contributed by atoms with Gasteiger partial charge in [-0.3, -0.25) is 4.79 Å². The molecule has 2 aromatic rings. The van der Waals surface area contributed by atoms with Gasteiger partial charge < -0.3 is 10.3 Å². The number of H-pyrrole nitrogens is 1. The van der Waals surface area contributed by atoms with E-state index in [0.29, 0.717) is 11.8 Å². The summed E-state index contributed by atoms with van der Waals surface area (Å²) in [5, 5.41) is 4.55. The van der Waals surface area contributed by atoms with Gasteiger partial charge in [0.1, 0.15) is 0 Å². The molecule has 0 atom stereocenters. The number of carbonyl (C=O) groups excluding carboxylic acids is 1. The van der Waals surface area contributed by atoms with E-state index in [1.807, 2.05) is 6.07 Å². The van der Waals surface area contributed by atoms with Crippen LogP contribution in [0, 0.1) is 23.2 Å². The second kappa shape index (κ2) is 5.89. The predicted octanol–water partition coefficient (Wildman–Crippen LogP) is 4.43. The Morgan fingerprint density at radius 1 is 1.08 bits per heavy atom. The molecule has 3 nitrogen and oxygen atoms in total. The molecule has 0 spiro atoms. The van der Waals surface area contributed by atoms with Gasteiger partial charge in [0.15, 0.2) is 0 Å². The molecule has 0 unspecified atom stereocenters. The topological polar surface area (TPSA) is 44.9 Å². The molecule has 1 aromatic heterocycles. The van der Waals surface area contributed by atoms with Crippen LogP contribution in [0.1, 0.15) is 50.5 Å². The number of nitrogens with one attached hydrogen (secondary N) is 2. The lowest BCUT2D eigenvalue weighted by Gasteiger charge is -2.56. The molecule has 4 aliphatic rings. The lowest BCUT2D eigenvalue weighted by atomic mass is 9.49. The number of aryl methyl sites for hydroxylation is 1. The first-order valence-corrected chi connectivity index (χ1v) is 10.0. The van der Waals surface area contributed by atoms with E-state index in [0.717, 1.165) is 36.2 Å². The molecule has 4 fully saturated rings. The van der Waals surface area contributed by atoms with Gasteiger partial charge in [0, 0.05) is 30.1 Å². The first kappa shape index (κ1) is 15.5. The van der Waals surface area contributed by atoms with Gasteiger partial charge >= 0.3 is 0 Å². The number of rotatable bonds is 5. The molecule has 3 heteroatoms. The number of hydrogen-bond donors (Lipinski definition) is 2. The Balaban J connectivity index is 1.18. The largest absolute Gasteiger partial charge is 0.361 e. The fourth-order valence-corrected chi connectivity index (χ4v) is 6.47. The molecule has 0 aliphatic heterocycles. The smallest absolute Gasteiger partial charge is 0.220 e. The van der Waals surface area contributed by atoms with Crippen LogP contribution < -0.4 is 5.32 Å². The van der Waals surface area contributed by atoms with Crippen LogP contribution in [0.25, 0.3) is 10.9 Å². The molecule has 1 heterocycles. The van der Waals surface area contributed by atoms with Crippen molar-refractivity contribution in [3.63, 3.8) is 0 Å². The Labute approximate surface area is 149 Å². The summed E-state index contributed by atoms with van der Waals surface area (Å²) in [7, 11) is 0. The van der Waals surface area contributed by atoms with Gasteiger partial charge in [-0.2, -0.15) is 0 Å². The third-order valence-electron chi connectivity index (χ3n) is 7.12. The van der Waals surface area contributed by atoms with Crippen molar-refractivity contribution in [3.05, 3.63) is 36.0 Å². The molecule has 6 rings (SSSR count). The fourth-order valence-electron chi connectivity index (χ4n) is 6.47. The van der Waals surface area contributed by atoms with E-state index >= 15 is 0 Å². The fraction of sp³-hybridized carbons (Fsp3) is 0.591. The summed E-state index contributed by atoms with van der Waals surface area (Å²) in [6, 6.07) is 8.33. The van der Waals surface area contributed by atoms with Gasteiger partial charge in [-0.1, -0.05) is 18.2 Å². The Morgan fingerprint density at radius 2 is 1.76 bits per heavy atom. The van der Waals surface area contributed by atoms with Crippen molar-refractivity contribution in [2.75, 3.05) is 6.54 Å². The molecule has 4 saturated carbocycles. The number of fused-ring (bicyclic) bond motifs is 1. The van der Waals surface area contributed by atoms with Crippen molar-refractivity contribution < 1.29 is 4.79 Å². The van der Waals surface area contributed by atoms with Crippen LogP contribution in [0.5, 0.6) is 0 Å². The van der Waals surface area contributed by atoms with Crippen molar-refractivity contribution in [1.29, 1.82) is 0 Å². The number of amides is 1. The Bertz CT molecular complexity index is 755. The summed E-state index contributed by atoms with van der Waals surface area (Å²) in [6.07, 6.45) is 11.9. The second-order valence-electron chi connectivity index (χ2n) is 9.05. The van der Waals surface area contributed by atoms with E-state index in [9.17, 15) is 4.79 Å². The second-order valence-corrected chi connectivity index (χ2v) is 9.05. The van der Waals surface area contributed by atoms with E-state index in [2.05, 4.69) is 34.7 Å². The first-order valence-electron chi connectivity index (χ1n) is 10.0. The highest BCUT2D eigenvalue weighted by Crippen LogP contribution is 2.59. The molecule has 1 aromatic carbocycles. The van der Waals surface area contributed by atoms with E-state index in [4.69, 9.17) is 0 Å². The number of carbonyl (C=O) groups is 1. The van der Waals surface area contributed by atoms with Crippen molar-refractivity contribution in [2.24, 2.45) is 23.2 Å². The van der Waals surface area contributed by atoms with Crippen LogP contribution in [0.15, 0.2) is 30.5 Å². The zero-order chi connectivity index (χ0) is 16.9. The van der Waals surface area contributed by atoms with E-state index in [1.54, 1.807) is 0 Å². The minimum absolute atomic E-state index is 0.223. The lowest BCUT2D eigenvalue weighted by Crippen LogP contribution is -2.51. The first-order chi connectivity index (χ1) is 12.2. The Kier molecular flexibility index (Phi) is 3.65. The summed E-state index contributed by atoms with van der Waals surface area (Å²) in [5.41, 5.74) is 2.84. The van der Waals surface area contributed by atoms with E-state index < -0.39 is 0 Å². The number of aromatic amines is 1. The minimum Gasteiger partial charge on any atom is -0.361 e. The summed E-state index contributed by atoms with van der Waals surface area (Å²) in [6.45, 7) is 0.920. The van der Waals surface area contributed by atoms with Gasteiger partial charge in [0.05, 0.1) is 0 Å². The molecule has 25 heavy (non-hydrogen) atoms. The van der Waals surface area contributed by atoms with Crippen LogP contribution in [0.3, 0.4) is 0 Å². The third kappa shape index (κ3) is 2.88. The van der Waals surface area contributed by atoms with Gasteiger partial charge in [0.25, 0.3) is 0 Å². The van der Waals surface area contributed by atoms with Crippen LogP contribution >= 0.6 is 0 Å². The molecule has 0 saturated heterocycles. The van der Waals surface area contributed by atoms with Crippen LogP contribution in [-0.2, 0) is 11.2 Å². The summed E-state index contributed by atoms with van der Waals surface area (Å²) >= 11 is 0. The molecule has 1 amide bonds. The molecule has 0 radical (unpaired) electrons. The monoisotopic (exact) mass is 336 g/mol. The van der Waals surface area contributed by atoms with Crippen molar-refractivity contribution in [2.45, 2.75) is 51.4 Å². The summed E-state index contributed by atoms with van der Waals surface area (Å²) in [5.74, 6) is 3.08. The van der Waals surface area contributed by atoms with E-state index in [1.165, 1.54) is 49.5 Å². The van der Waals surface area contributed by atoms with Gasteiger partial charge in [-0.05, 0) is 79.7 Å². The normalized spacial score (nSPS) is 33.0. The zero-order valence-corrected chi connectivity index (χ0v) is 14.9. The standard InChI is InChI=1S/C22H28N2O/c25-21(6-5-18-13-23-20-4-2-1-3-19(18)20)24-14-22-10-15-7-16(11-22)9-17(8-15)12-22/h1-4,13,15-17,23H,5-12,14H2,(H,24,25). The zero-order valence-electron chi connectivity index (χ0n) is 14.9. The van der Waals surface area contributed by atoms with Crippen molar-refractivity contribution in [3.8, 4) is 0 Å². The predicted molar refractivity (Wildman–Crippen MR) is 100 cm³/mol. The highest BCUT2D eigenvalue weighted by molar-refractivity contribution is 5.84. The molecular weight excluding hydrogens is 308 g/mol. The van der Waals surface area contributed by atoms with Gasteiger partial charge in [-0.15, -0.1) is 0 Å². The number of aromatic nitrogens is 1. The van der Waals surface area contributed by atoms with Crippen molar-refractivity contribution >= 4 is 16.8 Å². The van der Waals surface area contributed by atoms with Crippen LogP contribution in [0.4, 0.5) is 0 Å². The average Bonchev–Trinajstić information content (AvgIpc) is 3.00. The molecule has 4 bridgehead atoms. The Morgan fingerprint density at radius 3 is 2.48 bits per heavy atom. The number of para-hydroxylation sites is 1. The van der Waals surface area contributed by atoms with Crippen LogP contribution in [0.2, 0.25) is 0 Å². The average molecular weight is 336 g/mol. The molecule has 2 N–H and O–H groups in total. The van der Waals surface area contributed by atoms with Crippen molar-refractivity contribution in [1.82, 2.24) is 10.3 Å². The SMILES string of the molecule is O=C(CCc1c[nH]c2ccccc12)NCC12CC3CC(CC(C3)C1)C2. The quantitative estimate of drug-likeness (QED) is 0.833. The maximum Gasteiger partial charge on any atom is 0.220 e. The number of hydrogen-bond acceptors (Lipinski definition) is 1. The highest BCUT2D eigenvalue weighted by atomic mass is 16.1. The molecular formula is C22H28N2O. The van der Waals surface area contributed by atoms with Gasteiger partial charge in [0.2, 0.25) is 5.91 Å². The molecule has 4 aliphatic carbocycles. The maximum atomic E-state index is 12.4. The summed E-state index contributed by atoms with van der Waals surface area (Å²) in [4.78, 5) is 15.7.